The molecule has 0 saturated heterocycles. The zero-order chi connectivity index (χ0) is 10.9. The summed E-state index contributed by atoms with van der Waals surface area (Å²) in [6.45, 7) is 3.67. The molecule has 0 spiro atoms. The second kappa shape index (κ2) is 3.86. The van der Waals surface area contributed by atoms with E-state index in [1.54, 1.807) is 0 Å². The fraction of sp³-hybridized carbons (Fsp3) is 0.625. The number of aliphatic hydroxyl groups excluding tert-OH is 1. The van der Waals surface area contributed by atoms with Crippen molar-refractivity contribution in [3.05, 3.63) is 16.1 Å². The molecule has 0 aliphatic rings. The summed E-state index contributed by atoms with van der Waals surface area (Å²) in [7, 11) is 0. The van der Waals surface area contributed by atoms with Gasteiger partial charge in [0.1, 0.15) is 0 Å². The van der Waals surface area contributed by atoms with Crippen molar-refractivity contribution in [2.45, 2.75) is 32.0 Å². The van der Waals surface area contributed by atoms with E-state index in [1.807, 2.05) is 13.8 Å². The number of aliphatic hydroxyl groups is 1. The molecule has 0 bridgehead atoms. The molecule has 1 atom stereocenters. The van der Waals surface area contributed by atoms with Crippen LogP contribution in [0.3, 0.4) is 0 Å². The van der Waals surface area contributed by atoms with Gasteiger partial charge in [0.25, 0.3) is 0 Å². The standard InChI is InChI=1S/C8H10F3NOS/c1-4(2)7-12-3-5(14-7)6(13)8(9,10)11/h3-4,6,13H,1-2H3/t6-/m1/s1. The Morgan fingerprint density at radius 1 is 1.43 bits per heavy atom. The monoisotopic (exact) mass is 225 g/mol. The number of nitrogens with zero attached hydrogens (tertiary/aromatic N) is 1. The van der Waals surface area contributed by atoms with Gasteiger partial charge in [-0.05, 0) is 0 Å². The largest absolute Gasteiger partial charge is 0.419 e. The third-order valence-electron chi connectivity index (χ3n) is 1.61. The third kappa shape index (κ3) is 2.45. The highest BCUT2D eigenvalue weighted by Gasteiger charge is 2.40. The van der Waals surface area contributed by atoms with Crippen LogP contribution in [0.4, 0.5) is 13.2 Å². The molecule has 0 unspecified atom stereocenters. The van der Waals surface area contributed by atoms with Crippen LogP contribution < -0.4 is 0 Å². The quantitative estimate of drug-likeness (QED) is 0.839. The van der Waals surface area contributed by atoms with Gasteiger partial charge >= 0.3 is 6.18 Å². The summed E-state index contributed by atoms with van der Waals surface area (Å²) < 4.78 is 36.2. The molecule has 0 radical (unpaired) electrons. The van der Waals surface area contributed by atoms with Gasteiger partial charge in [-0.15, -0.1) is 11.3 Å². The topological polar surface area (TPSA) is 33.1 Å². The van der Waals surface area contributed by atoms with Crippen LogP contribution in [0, 0.1) is 0 Å². The van der Waals surface area contributed by atoms with E-state index >= 15 is 0 Å². The van der Waals surface area contributed by atoms with E-state index in [9.17, 15) is 13.2 Å². The predicted octanol–water partition coefficient (Wildman–Crippen LogP) is 2.86. The van der Waals surface area contributed by atoms with E-state index in [-0.39, 0.29) is 10.8 Å². The van der Waals surface area contributed by atoms with Crippen molar-refractivity contribution in [3.8, 4) is 0 Å². The lowest BCUT2D eigenvalue weighted by molar-refractivity contribution is -0.205. The Morgan fingerprint density at radius 3 is 2.36 bits per heavy atom. The van der Waals surface area contributed by atoms with Crippen LogP contribution in [0.25, 0.3) is 0 Å². The van der Waals surface area contributed by atoms with E-state index in [0.29, 0.717) is 5.01 Å². The van der Waals surface area contributed by atoms with Crippen LogP contribution >= 0.6 is 11.3 Å². The van der Waals surface area contributed by atoms with Crippen LogP contribution in [0.15, 0.2) is 6.20 Å². The number of halogens is 3. The molecule has 0 aliphatic carbocycles. The summed E-state index contributed by atoms with van der Waals surface area (Å²) in [6.07, 6.45) is -5.94. The van der Waals surface area contributed by atoms with Gasteiger partial charge in [0.2, 0.25) is 0 Å². The first-order valence-corrected chi connectivity index (χ1v) is 4.84. The summed E-state index contributed by atoms with van der Waals surface area (Å²) in [5, 5.41) is 9.50. The average Bonchev–Trinajstić information content (AvgIpc) is 2.48. The minimum atomic E-state index is -4.61. The van der Waals surface area contributed by atoms with Crippen LogP contribution in [-0.4, -0.2) is 16.3 Å². The maximum atomic E-state index is 12.1. The number of hydrogen-bond donors (Lipinski definition) is 1. The zero-order valence-corrected chi connectivity index (χ0v) is 8.49. The van der Waals surface area contributed by atoms with Gasteiger partial charge in [0.05, 0.1) is 9.88 Å². The summed E-state index contributed by atoms with van der Waals surface area (Å²) >= 11 is 0.895. The van der Waals surface area contributed by atoms with Gasteiger partial charge in [-0.1, -0.05) is 13.8 Å². The van der Waals surface area contributed by atoms with Crippen molar-refractivity contribution in [3.63, 3.8) is 0 Å². The SMILES string of the molecule is CC(C)c1ncc([C@@H](O)C(F)(F)F)s1. The van der Waals surface area contributed by atoms with Crippen LogP contribution in [0.5, 0.6) is 0 Å². The number of thiazole rings is 1. The van der Waals surface area contributed by atoms with Gasteiger partial charge < -0.3 is 5.11 Å². The molecule has 1 N–H and O–H groups in total. The van der Waals surface area contributed by atoms with Crippen molar-refractivity contribution in [1.82, 2.24) is 4.98 Å². The van der Waals surface area contributed by atoms with E-state index in [2.05, 4.69) is 4.98 Å². The molecule has 2 nitrogen and oxygen atoms in total. The highest BCUT2D eigenvalue weighted by molar-refractivity contribution is 7.11. The molecule has 14 heavy (non-hydrogen) atoms. The minimum Gasteiger partial charge on any atom is -0.379 e. The van der Waals surface area contributed by atoms with Gasteiger partial charge in [0, 0.05) is 12.1 Å². The summed E-state index contributed by atoms with van der Waals surface area (Å²) in [5.41, 5.74) is 0. The molecule has 80 valence electrons. The predicted molar refractivity (Wildman–Crippen MR) is 47.2 cm³/mol. The molecular weight excluding hydrogens is 215 g/mol. The Bertz CT molecular complexity index is 308. The maximum absolute atomic E-state index is 12.1. The van der Waals surface area contributed by atoms with E-state index in [0.717, 1.165) is 17.5 Å². The molecule has 1 rings (SSSR count). The number of alkyl halides is 3. The average molecular weight is 225 g/mol. The summed E-state index contributed by atoms with van der Waals surface area (Å²) in [4.78, 5) is 3.66. The molecule has 1 aromatic rings. The van der Waals surface area contributed by atoms with Gasteiger partial charge in [0.15, 0.2) is 6.10 Å². The molecule has 6 heteroatoms. The van der Waals surface area contributed by atoms with Crippen molar-refractivity contribution in [1.29, 1.82) is 0 Å². The second-order valence-corrected chi connectivity index (χ2v) is 4.29. The highest BCUT2D eigenvalue weighted by Crippen LogP contribution is 2.36. The van der Waals surface area contributed by atoms with E-state index < -0.39 is 12.3 Å². The van der Waals surface area contributed by atoms with Crippen LogP contribution in [0.1, 0.15) is 35.8 Å². The van der Waals surface area contributed by atoms with Crippen LogP contribution in [0.2, 0.25) is 0 Å². The fourth-order valence-electron chi connectivity index (χ4n) is 0.855. The van der Waals surface area contributed by atoms with E-state index in [1.165, 1.54) is 0 Å². The van der Waals surface area contributed by atoms with Crippen molar-refractivity contribution in [2.75, 3.05) is 0 Å². The maximum Gasteiger partial charge on any atom is 0.419 e. The van der Waals surface area contributed by atoms with Crippen LogP contribution in [-0.2, 0) is 0 Å². The molecule has 0 aromatic carbocycles. The highest BCUT2D eigenvalue weighted by atomic mass is 32.1. The van der Waals surface area contributed by atoms with Gasteiger partial charge in [-0.2, -0.15) is 13.2 Å². The minimum absolute atomic E-state index is 0.0779. The third-order valence-corrected chi connectivity index (χ3v) is 2.97. The van der Waals surface area contributed by atoms with Gasteiger partial charge in [-0.25, -0.2) is 4.98 Å². The van der Waals surface area contributed by atoms with E-state index in [4.69, 9.17) is 5.11 Å². The molecule has 1 heterocycles. The Morgan fingerprint density at radius 2 is 2.00 bits per heavy atom. The Labute approximate surface area is 83.4 Å². The first-order chi connectivity index (χ1) is 6.32. The number of rotatable bonds is 2. The van der Waals surface area contributed by atoms with Crippen molar-refractivity contribution < 1.29 is 18.3 Å². The van der Waals surface area contributed by atoms with Gasteiger partial charge in [-0.3, -0.25) is 0 Å². The smallest absolute Gasteiger partial charge is 0.379 e. The summed E-state index contributed by atoms with van der Waals surface area (Å²) in [5.74, 6) is 0.0779. The fourth-order valence-corrected chi connectivity index (χ4v) is 1.79. The first-order valence-electron chi connectivity index (χ1n) is 4.02. The van der Waals surface area contributed by atoms with Crippen molar-refractivity contribution in [2.24, 2.45) is 0 Å². The molecule has 0 saturated carbocycles. The number of hydrogen-bond acceptors (Lipinski definition) is 3. The molecule has 0 amide bonds. The second-order valence-electron chi connectivity index (χ2n) is 3.20. The normalized spacial score (nSPS) is 14.8. The first kappa shape index (κ1) is 11.5. The lowest BCUT2D eigenvalue weighted by Gasteiger charge is -2.11. The Kier molecular flexibility index (Phi) is 3.16. The Balaban J connectivity index is 2.87. The van der Waals surface area contributed by atoms with Crippen molar-refractivity contribution >= 4 is 11.3 Å². The Hall–Kier alpha value is -0.620. The molecule has 1 aromatic heterocycles. The molecular formula is C8H10F3NOS. The summed E-state index contributed by atoms with van der Waals surface area (Å²) in [6, 6.07) is 0. The molecule has 0 fully saturated rings. The lowest BCUT2D eigenvalue weighted by Crippen LogP contribution is -2.19. The molecule has 0 aliphatic heterocycles. The zero-order valence-electron chi connectivity index (χ0n) is 7.67. The number of aromatic nitrogens is 1. The lowest BCUT2D eigenvalue weighted by atomic mass is 10.2.